The minimum absolute atomic E-state index is 0.187. The van der Waals surface area contributed by atoms with E-state index in [1.165, 1.54) is 0 Å². The van der Waals surface area contributed by atoms with Crippen LogP contribution in [0.2, 0.25) is 0 Å². The van der Waals surface area contributed by atoms with Crippen LogP contribution in [-0.4, -0.2) is 19.3 Å². The molecule has 0 aliphatic carbocycles. The van der Waals surface area contributed by atoms with Gasteiger partial charge in [-0.3, -0.25) is 4.79 Å². The molecule has 2 aromatic carbocycles. The molecule has 0 saturated heterocycles. The maximum atomic E-state index is 12.3. The Kier molecular flexibility index (Phi) is 5.09. The third-order valence-electron chi connectivity index (χ3n) is 2.74. The summed E-state index contributed by atoms with van der Waals surface area (Å²) in [5.41, 5.74) is 1.28. The minimum Gasteiger partial charge on any atom is -0.496 e. The Morgan fingerprint density at radius 1 is 1.25 bits per heavy atom. The van der Waals surface area contributed by atoms with E-state index in [9.17, 15) is 4.79 Å². The van der Waals surface area contributed by atoms with Gasteiger partial charge in [0.2, 0.25) is 0 Å². The van der Waals surface area contributed by atoms with E-state index in [4.69, 9.17) is 4.74 Å². The first kappa shape index (κ1) is 14.9. The zero-order valence-corrected chi connectivity index (χ0v) is 13.5. The summed E-state index contributed by atoms with van der Waals surface area (Å²) in [6.45, 7) is 0. The van der Waals surface area contributed by atoms with Crippen LogP contribution >= 0.6 is 27.7 Å². The molecule has 3 nitrogen and oxygen atoms in total. The van der Waals surface area contributed by atoms with Crippen molar-refractivity contribution in [1.82, 2.24) is 0 Å². The number of nitrogens with one attached hydrogen (secondary N) is 1. The van der Waals surface area contributed by atoms with Gasteiger partial charge in [-0.1, -0.05) is 22.0 Å². The van der Waals surface area contributed by atoms with Gasteiger partial charge < -0.3 is 10.1 Å². The van der Waals surface area contributed by atoms with Crippen molar-refractivity contribution in [2.24, 2.45) is 0 Å². The van der Waals surface area contributed by atoms with Gasteiger partial charge in [0.05, 0.1) is 12.7 Å². The number of hydrogen-bond donors (Lipinski definition) is 1. The number of rotatable bonds is 4. The fourth-order valence-corrected chi connectivity index (χ4v) is 2.55. The van der Waals surface area contributed by atoms with Crippen LogP contribution in [0.1, 0.15) is 10.4 Å². The van der Waals surface area contributed by atoms with E-state index in [0.717, 1.165) is 15.1 Å². The van der Waals surface area contributed by atoms with E-state index in [1.54, 1.807) is 31.0 Å². The molecule has 5 heteroatoms. The number of carbonyl (C=O) groups excluding carboxylic acids is 1. The van der Waals surface area contributed by atoms with Crippen molar-refractivity contribution >= 4 is 39.3 Å². The Hall–Kier alpha value is -1.46. The van der Waals surface area contributed by atoms with E-state index in [-0.39, 0.29) is 5.91 Å². The van der Waals surface area contributed by atoms with E-state index >= 15 is 0 Å². The highest BCUT2D eigenvalue weighted by Crippen LogP contribution is 2.25. The monoisotopic (exact) mass is 351 g/mol. The molecule has 0 fully saturated rings. The SMILES string of the molecule is COc1cc(Br)ccc1C(=O)Nc1cccc(SC)c1. The molecule has 0 spiro atoms. The molecule has 0 aliphatic heterocycles. The van der Waals surface area contributed by atoms with Crippen LogP contribution in [0.5, 0.6) is 5.75 Å². The average Bonchev–Trinajstić information content (AvgIpc) is 2.47. The van der Waals surface area contributed by atoms with Crippen molar-refractivity contribution in [1.29, 1.82) is 0 Å². The molecule has 0 radical (unpaired) electrons. The third-order valence-corrected chi connectivity index (χ3v) is 3.95. The second-order valence-corrected chi connectivity index (χ2v) is 5.83. The van der Waals surface area contributed by atoms with Gasteiger partial charge in [0.1, 0.15) is 5.75 Å². The summed E-state index contributed by atoms with van der Waals surface area (Å²) >= 11 is 4.99. The van der Waals surface area contributed by atoms with Crippen molar-refractivity contribution < 1.29 is 9.53 Å². The lowest BCUT2D eigenvalue weighted by atomic mass is 10.2. The van der Waals surface area contributed by atoms with Crippen LogP contribution in [0.3, 0.4) is 0 Å². The third kappa shape index (κ3) is 3.55. The summed E-state index contributed by atoms with van der Waals surface area (Å²) in [6, 6.07) is 13.0. The van der Waals surface area contributed by atoms with Crippen LogP contribution in [0.15, 0.2) is 51.8 Å². The molecule has 1 N–H and O–H groups in total. The van der Waals surface area contributed by atoms with E-state index in [2.05, 4.69) is 21.2 Å². The fourth-order valence-electron chi connectivity index (χ4n) is 1.75. The zero-order chi connectivity index (χ0) is 14.5. The smallest absolute Gasteiger partial charge is 0.259 e. The van der Waals surface area contributed by atoms with E-state index in [0.29, 0.717) is 11.3 Å². The molecular formula is C15H14BrNO2S. The molecule has 0 unspecified atom stereocenters. The van der Waals surface area contributed by atoms with Gasteiger partial charge in [-0.05, 0) is 42.7 Å². The first-order valence-corrected chi connectivity index (χ1v) is 7.94. The highest BCUT2D eigenvalue weighted by atomic mass is 79.9. The maximum Gasteiger partial charge on any atom is 0.259 e. The first-order chi connectivity index (χ1) is 9.63. The molecule has 1 amide bonds. The van der Waals surface area contributed by atoms with E-state index < -0.39 is 0 Å². The highest BCUT2D eigenvalue weighted by Gasteiger charge is 2.12. The molecule has 0 saturated carbocycles. The number of hydrogen-bond acceptors (Lipinski definition) is 3. The largest absolute Gasteiger partial charge is 0.496 e. The number of ether oxygens (including phenoxy) is 1. The second kappa shape index (κ2) is 6.81. The standard InChI is InChI=1S/C15H14BrNO2S/c1-19-14-8-10(16)6-7-13(14)15(18)17-11-4-3-5-12(9-11)20-2/h3-9H,1-2H3,(H,17,18). The number of amides is 1. The Morgan fingerprint density at radius 2 is 2.05 bits per heavy atom. The van der Waals surface area contributed by atoms with Crippen LogP contribution in [-0.2, 0) is 0 Å². The predicted molar refractivity (Wildman–Crippen MR) is 86.9 cm³/mol. The van der Waals surface area contributed by atoms with Crippen molar-refractivity contribution in [2.45, 2.75) is 4.90 Å². The maximum absolute atomic E-state index is 12.3. The molecule has 0 aliphatic rings. The number of benzene rings is 2. The highest BCUT2D eigenvalue weighted by molar-refractivity contribution is 9.10. The van der Waals surface area contributed by atoms with Crippen LogP contribution < -0.4 is 10.1 Å². The Morgan fingerprint density at radius 3 is 2.75 bits per heavy atom. The number of carbonyl (C=O) groups is 1. The minimum atomic E-state index is -0.187. The molecule has 0 atom stereocenters. The van der Waals surface area contributed by atoms with Gasteiger partial charge in [-0.25, -0.2) is 0 Å². The quantitative estimate of drug-likeness (QED) is 0.828. The van der Waals surface area contributed by atoms with Crippen LogP contribution in [0.25, 0.3) is 0 Å². The second-order valence-electron chi connectivity index (χ2n) is 4.03. The number of halogens is 1. The van der Waals surface area contributed by atoms with Crippen LogP contribution in [0, 0.1) is 0 Å². The van der Waals surface area contributed by atoms with Gasteiger partial charge in [-0.2, -0.15) is 0 Å². The molecule has 20 heavy (non-hydrogen) atoms. The number of methoxy groups -OCH3 is 1. The molecule has 0 bridgehead atoms. The van der Waals surface area contributed by atoms with Gasteiger partial charge in [0.25, 0.3) is 5.91 Å². The lowest BCUT2D eigenvalue weighted by Crippen LogP contribution is -2.13. The van der Waals surface area contributed by atoms with Gasteiger partial charge in [-0.15, -0.1) is 11.8 Å². The Balaban J connectivity index is 2.23. The summed E-state index contributed by atoms with van der Waals surface area (Å²) in [5.74, 6) is 0.352. The molecule has 104 valence electrons. The normalized spacial score (nSPS) is 10.2. The Labute approximate surface area is 130 Å². The Bertz CT molecular complexity index is 631. The lowest BCUT2D eigenvalue weighted by Gasteiger charge is -2.10. The average molecular weight is 352 g/mol. The summed E-state index contributed by atoms with van der Waals surface area (Å²) in [5, 5.41) is 2.88. The first-order valence-electron chi connectivity index (χ1n) is 5.93. The molecule has 0 aromatic heterocycles. The van der Waals surface area contributed by atoms with Gasteiger partial charge in [0, 0.05) is 15.1 Å². The lowest BCUT2D eigenvalue weighted by molar-refractivity contribution is 0.102. The number of thioether (sulfide) groups is 1. The predicted octanol–water partition coefficient (Wildman–Crippen LogP) is 4.43. The number of anilines is 1. The summed E-state index contributed by atoms with van der Waals surface area (Å²) in [6.07, 6.45) is 2.00. The van der Waals surface area contributed by atoms with Crippen molar-refractivity contribution in [2.75, 3.05) is 18.7 Å². The molecule has 2 rings (SSSR count). The molecular weight excluding hydrogens is 338 g/mol. The van der Waals surface area contributed by atoms with Gasteiger partial charge in [0.15, 0.2) is 0 Å². The van der Waals surface area contributed by atoms with Crippen molar-refractivity contribution in [3.05, 3.63) is 52.5 Å². The molecule has 2 aromatic rings. The van der Waals surface area contributed by atoms with Gasteiger partial charge >= 0.3 is 0 Å². The van der Waals surface area contributed by atoms with Crippen molar-refractivity contribution in [3.8, 4) is 5.75 Å². The fraction of sp³-hybridized carbons (Fsp3) is 0.133. The van der Waals surface area contributed by atoms with E-state index in [1.807, 2.05) is 36.6 Å². The topological polar surface area (TPSA) is 38.3 Å². The molecule has 0 heterocycles. The van der Waals surface area contributed by atoms with Crippen LogP contribution in [0.4, 0.5) is 5.69 Å². The summed E-state index contributed by atoms with van der Waals surface area (Å²) in [7, 11) is 1.55. The summed E-state index contributed by atoms with van der Waals surface area (Å²) < 4.78 is 6.11. The summed E-state index contributed by atoms with van der Waals surface area (Å²) in [4.78, 5) is 13.4. The zero-order valence-electron chi connectivity index (χ0n) is 11.1. The van der Waals surface area contributed by atoms with Crippen molar-refractivity contribution in [3.63, 3.8) is 0 Å².